The van der Waals surface area contributed by atoms with E-state index in [2.05, 4.69) is 39.8 Å². The van der Waals surface area contributed by atoms with Gasteiger partial charge >= 0.3 is 0 Å². The summed E-state index contributed by atoms with van der Waals surface area (Å²) in [4.78, 5) is 0. The van der Waals surface area contributed by atoms with Crippen molar-refractivity contribution in [1.82, 2.24) is 5.01 Å². The molecule has 0 aromatic carbocycles. The molecule has 0 radical (unpaired) electrons. The average Bonchev–Trinajstić information content (AvgIpc) is 2.31. The lowest BCUT2D eigenvalue weighted by Gasteiger charge is -2.55. The summed E-state index contributed by atoms with van der Waals surface area (Å²) in [6, 6.07) is 0. The molecule has 3 atom stereocenters. The van der Waals surface area contributed by atoms with Crippen molar-refractivity contribution in [2.75, 3.05) is 0 Å². The lowest BCUT2D eigenvalue weighted by atomic mass is 9.70. The highest BCUT2D eigenvalue weighted by Crippen LogP contribution is 2.41. The first kappa shape index (κ1) is 13.5. The van der Waals surface area contributed by atoms with Gasteiger partial charge in [-0.2, -0.15) is 0 Å². The Kier molecular flexibility index (Phi) is 3.65. The number of hydrogen-bond donors (Lipinski definition) is 2. The molecule has 1 aliphatic rings. The third kappa shape index (κ3) is 1.74. The van der Waals surface area contributed by atoms with E-state index in [4.69, 9.17) is 11.0 Å². The summed E-state index contributed by atoms with van der Waals surface area (Å²) in [5.74, 6) is 6.50. The second kappa shape index (κ2) is 4.34. The maximum atomic E-state index is 9.13. The fourth-order valence-corrected chi connectivity index (χ4v) is 2.71. The van der Waals surface area contributed by atoms with Crippen molar-refractivity contribution in [2.45, 2.75) is 65.0 Å². The molecule has 0 aromatic rings. The molecule has 3 N–H and O–H groups in total. The monoisotopic (exact) mass is 227 g/mol. The second-order valence-electron chi connectivity index (χ2n) is 5.42. The van der Waals surface area contributed by atoms with Gasteiger partial charge in [0.25, 0.3) is 0 Å². The molecule has 0 amide bonds. The van der Waals surface area contributed by atoms with Crippen molar-refractivity contribution in [1.29, 1.82) is 0 Å². The van der Waals surface area contributed by atoms with Crippen LogP contribution in [0.2, 0.25) is 0 Å². The van der Waals surface area contributed by atoms with Crippen LogP contribution in [0.3, 0.4) is 0 Å². The fraction of sp³-hybridized carbons (Fsp3) is 0.917. The highest BCUT2D eigenvalue weighted by Gasteiger charge is 2.50. The third-order valence-corrected chi connectivity index (χ3v) is 4.73. The van der Waals surface area contributed by atoms with Gasteiger partial charge in [-0.15, -0.1) is 0 Å². The molecular formula is C12H25N3O. The number of nitrogens with two attached hydrogens (primary N) is 1. The van der Waals surface area contributed by atoms with E-state index in [-0.39, 0.29) is 17.0 Å². The van der Waals surface area contributed by atoms with Gasteiger partial charge in [-0.1, -0.05) is 25.9 Å². The quantitative estimate of drug-likeness (QED) is 0.432. The summed E-state index contributed by atoms with van der Waals surface area (Å²) in [5.41, 5.74) is 0.624. The molecule has 0 aliphatic carbocycles. The Labute approximate surface area is 98.5 Å². The maximum absolute atomic E-state index is 9.13. The normalized spacial score (nSPS) is 43.9. The summed E-state index contributed by atoms with van der Waals surface area (Å²) in [6.07, 6.45) is 2.64. The topological polar surface area (TPSA) is 61.9 Å². The van der Waals surface area contributed by atoms with Crippen molar-refractivity contribution in [3.05, 3.63) is 0 Å². The van der Waals surface area contributed by atoms with Crippen LogP contribution in [0, 0.1) is 5.92 Å². The lowest BCUT2D eigenvalue weighted by molar-refractivity contribution is -0.0425. The molecule has 4 nitrogen and oxygen atoms in total. The van der Waals surface area contributed by atoms with E-state index in [0.717, 1.165) is 25.0 Å². The summed E-state index contributed by atoms with van der Waals surface area (Å²) in [7, 11) is 0. The maximum Gasteiger partial charge on any atom is 0.0636 e. The second-order valence-corrected chi connectivity index (χ2v) is 5.42. The Morgan fingerprint density at radius 1 is 1.44 bits per heavy atom. The highest BCUT2D eigenvalue weighted by atomic mass is 16.4. The molecule has 4 heteroatoms. The fourth-order valence-electron chi connectivity index (χ4n) is 2.71. The Morgan fingerprint density at radius 3 is 2.38 bits per heavy atom. The van der Waals surface area contributed by atoms with Crippen LogP contribution in [0.4, 0.5) is 0 Å². The predicted octanol–water partition coefficient (Wildman–Crippen LogP) is 2.37. The van der Waals surface area contributed by atoms with E-state index >= 15 is 0 Å². The molecular weight excluding hydrogens is 202 g/mol. The zero-order valence-electron chi connectivity index (χ0n) is 11.1. The first-order valence-corrected chi connectivity index (χ1v) is 6.11. The van der Waals surface area contributed by atoms with Gasteiger partial charge in [-0.05, 0) is 26.7 Å². The van der Waals surface area contributed by atoms with Gasteiger partial charge in [-0.25, -0.2) is 5.01 Å². The van der Waals surface area contributed by atoms with E-state index in [0.29, 0.717) is 0 Å². The Hall–Kier alpha value is -0.610. The van der Waals surface area contributed by atoms with Crippen LogP contribution in [0.15, 0.2) is 5.16 Å². The van der Waals surface area contributed by atoms with Crippen LogP contribution in [-0.2, 0) is 0 Å². The molecule has 1 fully saturated rings. The molecule has 16 heavy (non-hydrogen) atoms. The van der Waals surface area contributed by atoms with Gasteiger partial charge in [0.05, 0.1) is 5.71 Å². The Bertz CT molecular complexity index is 292. The van der Waals surface area contributed by atoms with Gasteiger partial charge in [0.1, 0.15) is 0 Å². The van der Waals surface area contributed by atoms with E-state index in [1.807, 2.05) is 5.01 Å². The van der Waals surface area contributed by atoms with E-state index in [1.54, 1.807) is 0 Å². The van der Waals surface area contributed by atoms with Crippen molar-refractivity contribution in [3.8, 4) is 0 Å². The highest BCUT2D eigenvalue weighted by molar-refractivity contribution is 5.89. The van der Waals surface area contributed by atoms with Crippen molar-refractivity contribution >= 4 is 5.71 Å². The molecule has 0 spiro atoms. The molecule has 1 rings (SSSR count). The van der Waals surface area contributed by atoms with E-state index < -0.39 is 0 Å². The molecule has 1 heterocycles. The van der Waals surface area contributed by atoms with Crippen LogP contribution in [0.1, 0.15) is 53.9 Å². The summed E-state index contributed by atoms with van der Waals surface area (Å²) in [6.45, 7) is 10.6. The van der Waals surface area contributed by atoms with Gasteiger partial charge in [-0.3, -0.25) is 5.84 Å². The summed E-state index contributed by atoms with van der Waals surface area (Å²) in [5, 5.41) is 14.6. The van der Waals surface area contributed by atoms with Crippen LogP contribution in [-0.4, -0.2) is 27.0 Å². The largest absolute Gasteiger partial charge is 0.411 e. The molecule has 0 saturated carbocycles. The number of rotatable bonds is 2. The Balaban J connectivity index is 3.18. The first-order chi connectivity index (χ1) is 7.35. The lowest BCUT2D eigenvalue weighted by Crippen LogP contribution is -2.69. The van der Waals surface area contributed by atoms with Crippen molar-refractivity contribution in [3.63, 3.8) is 0 Å². The number of hydrogen-bond acceptors (Lipinski definition) is 4. The molecule has 1 saturated heterocycles. The number of oxime groups is 1. The minimum Gasteiger partial charge on any atom is -0.411 e. The third-order valence-electron chi connectivity index (χ3n) is 4.73. The van der Waals surface area contributed by atoms with Gasteiger partial charge in [0, 0.05) is 23.4 Å². The molecule has 0 aromatic heterocycles. The van der Waals surface area contributed by atoms with Gasteiger partial charge in [0.2, 0.25) is 0 Å². The van der Waals surface area contributed by atoms with Crippen LogP contribution < -0.4 is 5.84 Å². The van der Waals surface area contributed by atoms with E-state index in [9.17, 15) is 0 Å². The minimum atomic E-state index is -0.134. The van der Waals surface area contributed by atoms with Crippen molar-refractivity contribution < 1.29 is 5.21 Å². The summed E-state index contributed by atoms with van der Waals surface area (Å²) >= 11 is 0. The first-order valence-electron chi connectivity index (χ1n) is 6.11. The van der Waals surface area contributed by atoms with Crippen LogP contribution in [0.25, 0.3) is 0 Å². The molecule has 3 unspecified atom stereocenters. The van der Waals surface area contributed by atoms with Crippen molar-refractivity contribution in [2.24, 2.45) is 16.9 Å². The Morgan fingerprint density at radius 2 is 2.00 bits per heavy atom. The zero-order chi connectivity index (χ0) is 12.6. The number of hydrazine groups is 1. The summed E-state index contributed by atoms with van der Waals surface area (Å²) < 4.78 is 0. The minimum absolute atomic E-state index is 0.112. The van der Waals surface area contributed by atoms with Crippen LogP contribution in [0.5, 0.6) is 0 Å². The predicted molar refractivity (Wildman–Crippen MR) is 66.4 cm³/mol. The standard InChI is InChI=1S/C12H25N3O/c1-6-11(4)8-10(14-16)9(3)12(5,7-2)15(11)13/h9,16H,6-8,13H2,1-5H3/b14-10-. The molecule has 94 valence electrons. The number of nitrogens with zero attached hydrogens (tertiary/aromatic N) is 2. The van der Waals surface area contributed by atoms with E-state index in [1.165, 1.54) is 0 Å². The van der Waals surface area contributed by atoms with Gasteiger partial charge in [0.15, 0.2) is 0 Å². The van der Waals surface area contributed by atoms with Gasteiger partial charge < -0.3 is 5.21 Å². The smallest absolute Gasteiger partial charge is 0.0636 e. The SMILES string of the molecule is CCC1(C)C/C(=N/O)C(C)C(C)(CC)N1N. The number of piperidine rings is 1. The zero-order valence-corrected chi connectivity index (χ0v) is 11.1. The molecule has 0 bridgehead atoms. The molecule has 1 aliphatic heterocycles. The van der Waals surface area contributed by atoms with Crippen LogP contribution >= 0.6 is 0 Å². The average molecular weight is 227 g/mol.